The molecule has 0 atom stereocenters. The third kappa shape index (κ3) is 2.93. The standard InChI is InChI=1S/C19H20N8/c1-26-12-14(8-24-26)13-6-15-16(9-23-19(15)22-7-13)17-10-21-11-18(25-17)27-4-2-20-3-5-27/h6-12,20H,2-5H2,1H3,(H,22,23). The number of aromatic nitrogens is 6. The van der Waals surface area contributed by atoms with Gasteiger partial charge in [0, 0.05) is 73.9 Å². The van der Waals surface area contributed by atoms with Gasteiger partial charge in [-0.2, -0.15) is 5.10 Å². The van der Waals surface area contributed by atoms with Crippen molar-refractivity contribution >= 4 is 16.9 Å². The smallest absolute Gasteiger partial charge is 0.147 e. The van der Waals surface area contributed by atoms with Gasteiger partial charge in [-0.15, -0.1) is 0 Å². The third-order valence-corrected chi connectivity index (χ3v) is 4.91. The molecule has 0 bridgehead atoms. The van der Waals surface area contributed by atoms with Gasteiger partial charge in [0.1, 0.15) is 11.5 Å². The number of hydrogen-bond acceptors (Lipinski definition) is 6. The van der Waals surface area contributed by atoms with Crippen LogP contribution in [0, 0.1) is 0 Å². The topological polar surface area (TPSA) is 87.5 Å². The van der Waals surface area contributed by atoms with Crippen molar-refractivity contribution in [3.63, 3.8) is 0 Å². The van der Waals surface area contributed by atoms with Crippen molar-refractivity contribution < 1.29 is 0 Å². The number of rotatable bonds is 3. The fourth-order valence-electron chi connectivity index (χ4n) is 3.48. The van der Waals surface area contributed by atoms with Crippen LogP contribution in [-0.2, 0) is 7.05 Å². The molecule has 1 saturated heterocycles. The van der Waals surface area contributed by atoms with Crippen LogP contribution in [-0.4, -0.2) is 55.9 Å². The number of nitrogens with zero attached hydrogens (tertiary/aromatic N) is 6. The van der Waals surface area contributed by atoms with E-state index >= 15 is 0 Å². The van der Waals surface area contributed by atoms with Gasteiger partial charge in [0.25, 0.3) is 0 Å². The molecule has 8 heteroatoms. The number of H-pyrrole nitrogens is 1. The number of pyridine rings is 1. The number of piperazine rings is 1. The van der Waals surface area contributed by atoms with Crippen molar-refractivity contribution in [2.45, 2.75) is 0 Å². The van der Waals surface area contributed by atoms with E-state index in [1.165, 1.54) is 0 Å². The van der Waals surface area contributed by atoms with E-state index in [1.807, 2.05) is 44.2 Å². The number of aryl methyl sites for hydroxylation is 1. The van der Waals surface area contributed by atoms with Crippen molar-refractivity contribution in [2.24, 2.45) is 7.05 Å². The van der Waals surface area contributed by atoms with Gasteiger partial charge in [0.15, 0.2) is 0 Å². The summed E-state index contributed by atoms with van der Waals surface area (Å²) in [5.41, 5.74) is 4.77. The van der Waals surface area contributed by atoms with Crippen molar-refractivity contribution in [3.05, 3.63) is 43.2 Å². The Bertz CT molecular complexity index is 1090. The lowest BCUT2D eigenvalue weighted by molar-refractivity contribution is 0.584. The molecule has 0 spiro atoms. The highest BCUT2D eigenvalue weighted by Crippen LogP contribution is 2.30. The molecule has 5 rings (SSSR count). The second-order valence-electron chi connectivity index (χ2n) is 6.72. The molecule has 4 aromatic rings. The molecular weight excluding hydrogens is 340 g/mol. The highest BCUT2D eigenvalue weighted by atomic mass is 15.2. The van der Waals surface area contributed by atoms with Gasteiger partial charge < -0.3 is 15.2 Å². The molecular formula is C19H20N8. The molecule has 0 unspecified atom stereocenters. The Morgan fingerprint density at radius 2 is 1.93 bits per heavy atom. The van der Waals surface area contributed by atoms with Crippen LogP contribution in [0.2, 0.25) is 0 Å². The third-order valence-electron chi connectivity index (χ3n) is 4.91. The van der Waals surface area contributed by atoms with Crippen molar-refractivity contribution in [1.82, 2.24) is 35.0 Å². The lowest BCUT2D eigenvalue weighted by Gasteiger charge is -2.28. The predicted molar refractivity (Wildman–Crippen MR) is 104 cm³/mol. The minimum atomic E-state index is 0.840. The maximum Gasteiger partial charge on any atom is 0.147 e. The van der Waals surface area contributed by atoms with E-state index in [1.54, 1.807) is 4.68 Å². The number of anilines is 1. The van der Waals surface area contributed by atoms with Crippen LogP contribution in [0.5, 0.6) is 0 Å². The zero-order valence-electron chi connectivity index (χ0n) is 15.1. The number of fused-ring (bicyclic) bond motifs is 1. The molecule has 4 aromatic heterocycles. The van der Waals surface area contributed by atoms with Crippen LogP contribution < -0.4 is 10.2 Å². The number of hydrogen-bond donors (Lipinski definition) is 2. The van der Waals surface area contributed by atoms with E-state index in [9.17, 15) is 0 Å². The Balaban J connectivity index is 1.56. The van der Waals surface area contributed by atoms with Gasteiger partial charge in [-0.1, -0.05) is 0 Å². The van der Waals surface area contributed by atoms with Crippen molar-refractivity contribution in [1.29, 1.82) is 0 Å². The lowest BCUT2D eigenvalue weighted by atomic mass is 10.1. The number of aromatic amines is 1. The zero-order valence-corrected chi connectivity index (χ0v) is 15.1. The average Bonchev–Trinajstić information content (AvgIpc) is 3.34. The second kappa shape index (κ2) is 6.48. The molecule has 0 amide bonds. The summed E-state index contributed by atoms with van der Waals surface area (Å²) in [7, 11) is 1.91. The van der Waals surface area contributed by atoms with Crippen LogP contribution in [0.15, 0.2) is 43.2 Å². The van der Waals surface area contributed by atoms with Crippen LogP contribution in [0.1, 0.15) is 0 Å². The molecule has 1 aliphatic rings. The fraction of sp³-hybridized carbons (Fsp3) is 0.263. The molecule has 5 heterocycles. The van der Waals surface area contributed by atoms with Crippen LogP contribution in [0.3, 0.4) is 0 Å². The van der Waals surface area contributed by atoms with Gasteiger partial charge in [-0.05, 0) is 6.07 Å². The first-order valence-corrected chi connectivity index (χ1v) is 9.02. The van der Waals surface area contributed by atoms with Crippen LogP contribution in [0.4, 0.5) is 5.82 Å². The Kier molecular flexibility index (Phi) is 3.83. The van der Waals surface area contributed by atoms with Crippen LogP contribution >= 0.6 is 0 Å². The van der Waals surface area contributed by atoms with E-state index in [0.717, 1.165) is 65.4 Å². The molecule has 1 aliphatic heterocycles. The first-order chi connectivity index (χ1) is 13.3. The van der Waals surface area contributed by atoms with Crippen molar-refractivity contribution in [2.75, 3.05) is 31.1 Å². The van der Waals surface area contributed by atoms with E-state index in [4.69, 9.17) is 4.98 Å². The van der Waals surface area contributed by atoms with Crippen molar-refractivity contribution in [3.8, 4) is 22.4 Å². The lowest BCUT2D eigenvalue weighted by Crippen LogP contribution is -2.43. The van der Waals surface area contributed by atoms with Crippen LogP contribution in [0.25, 0.3) is 33.4 Å². The summed E-state index contributed by atoms with van der Waals surface area (Å²) in [6, 6.07) is 2.13. The largest absolute Gasteiger partial charge is 0.353 e. The summed E-state index contributed by atoms with van der Waals surface area (Å²) in [5, 5.41) is 8.65. The SMILES string of the molecule is Cn1cc(-c2cnc3[nH]cc(-c4cncc(N5CCNCC5)n4)c3c2)cn1. The Morgan fingerprint density at radius 3 is 2.74 bits per heavy atom. The van der Waals surface area contributed by atoms with E-state index in [0.29, 0.717) is 0 Å². The normalized spacial score (nSPS) is 14.8. The van der Waals surface area contributed by atoms with Gasteiger partial charge in [-0.25, -0.2) is 9.97 Å². The Hall–Kier alpha value is -3.26. The van der Waals surface area contributed by atoms with Gasteiger partial charge in [0.2, 0.25) is 0 Å². The van der Waals surface area contributed by atoms with E-state index in [-0.39, 0.29) is 0 Å². The molecule has 2 N–H and O–H groups in total. The average molecular weight is 360 g/mol. The van der Waals surface area contributed by atoms with Gasteiger partial charge in [0.05, 0.1) is 24.3 Å². The first-order valence-electron chi connectivity index (χ1n) is 9.02. The number of nitrogens with one attached hydrogen (secondary N) is 2. The highest BCUT2D eigenvalue weighted by Gasteiger charge is 2.15. The molecule has 8 nitrogen and oxygen atoms in total. The second-order valence-corrected chi connectivity index (χ2v) is 6.72. The van der Waals surface area contributed by atoms with Gasteiger partial charge >= 0.3 is 0 Å². The quantitative estimate of drug-likeness (QED) is 0.580. The molecule has 136 valence electrons. The summed E-state index contributed by atoms with van der Waals surface area (Å²) in [5.74, 6) is 0.916. The predicted octanol–water partition coefficient (Wildman–Crippen LogP) is 1.83. The summed E-state index contributed by atoms with van der Waals surface area (Å²) in [4.78, 5) is 19.4. The monoisotopic (exact) mass is 360 g/mol. The minimum absolute atomic E-state index is 0.840. The summed E-state index contributed by atoms with van der Waals surface area (Å²) in [6.45, 7) is 3.83. The summed E-state index contributed by atoms with van der Waals surface area (Å²) in [6.07, 6.45) is 11.3. The molecule has 0 aromatic carbocycles. The minimum Gasteiger partial charge on any atom is -0.353 e. The van der Waals surface area contributed by atoms with E-state index in [2.05, 4.69) is 36.3 Å². The molecule has 27 heavy (non-hydrogen) atoms. The Labute approximate surface area is 156 Å². The van der Waals surface area contributed by atoms with E-state index < -0.39 is 0 Å². The molecule has 1 fully saturated rings. The molecule has 0 saturated carbocycles. The maximum absolute atomic E-state index is 4.87. The highest BCUT2D eigenvalue weighted by molar-refractivity contribution is 5.94. The van der Waals surface area contributed by atoms with Gasteiger partial charge in [-0.3, -0.25) is 9.67 Å². The summed E-state index contributed by atoms with van der Waals surface area (Å²) >= 11 is 0. The molecule has 0 aliphatic carbocycles. The fourth-order valence-corrected chi connectivity index (χ4v) is 3.48. The molecule has 0 radical (unpaired) electrons. The Morgan fingerprint density at radius 1 is 1.04 bits per heavy atom. The first kappa shape index (κ1) is 16.0. The zero-order chi connectivity index (χ0) is 18.2. The summed E-state index contributed by atoms with van der Waals surface area (Å²) < 4.78 is 1.79. The maximum atomic E-state index is 4.87.